The molecule has 0 aliphatic heterocycles. The fraction of sp³-hybridized carbons (Fsp3) is 0.389. The van der Waals surface area contributed by atoms with Crippen molar-refractivity contribution in [3.05, 3.63) is 40.3 Å². The van der Waals surface area contributed by atoms with E-state index in [2.05, 4.69) is 25.1 Å². The van der Waals surface area contributed by atoms with Crippen LogP contribution in [-0.2, 0) is 12.1 Å². The fourth-order valence-electron chi connectivity index (χ4n) is 2.70. The third-order valence-corrected chi connectivity index (χ3v) is 3.98. The molecule has 0 aliphatic rings. The van der Waals surface area contributed by atoms with Crippen molar-refractivity contribution in [2.24, 2.45) is 0 Å². The van der Waals surface area contributed by atoms with E-state index in [1.54, 1.807) is 10.7 Å². The number of hydrogen-bond donors (Lipinski definition) is 2. The van der Waals surface area contributed by atoms with Gasteiger partial charge in [0.25, 0.3) is 5.56 Å². The van der Waals surface area contributed by atoms with Crippen LogP contribution in [0.5, 0.6) is 11.5 Å². The number of halogens is 2. The van der Waals surface area contributed by atoms with Crippen molar-refractivity contribution < 1.29 is 18.3 Å². The lowest BCUT2D eigenvalue weighted by Gasteiger charge is -2.19. The summed E-state index contributed by atoms with van der Waals surface area (Å²) in [5.74, 6) is 0.376. The number of nitrogens with one attached hydrogen (secondary N) is 2. The summed E-state index contributed by atoms with van der Waals surface area (Å²) in [6.45, 7) is 3.13. The van der Waals surface area contributed by atoms with Crippen molar-refractivity contribution in [1.82, 2.24) is 19.7 Å². The number of fused-ring (bicyclic) bond motifs is 1. The minimum absolute atomic E-state index is 0.0699. The Bertz CT molecular complexity index is 1040. The Morgan fingerprint density at radius 2 is 2.04 bits per heavy atom. The molecule has 2 N–H and O–H groups in total. The van der Waals surface area contributed by atoms with Crippen LogP contribution >= 0.6 is 0 Å². The van der Waals surface area contributed by atoms with E-state index >= 15 is 0 Å². The molecule has 0 atom stereocenters. The van der Waals surface area contributed by atoms with Gasteiger partial charge in [-0.05, 0) is 38.5 Å². The number of rotatable bonds is 6. The maximum Gasteiger partial charge on any atom is 0.387 e. The van der Waals surface area contributed by atoms with E-state index in [1.165, 1.54) is 25.4 Å². The number of ether oxygens (including phenoxy) is 2. The molecule has 1 aromatic carbocycles. The van der Waals surface area contributed by atoms with Crippen molar-refractivity contribution >= 4 is 17.0 Å². The number of methoxy groups -OCH3 is 1. The zero-order valence-corrected chi connectivity index (χ0v) is 15.9. The Kier molecular flexibility index (Phi) is 5.21. The summed E-state index contributed by atoms with van der Waals surface area (Å²) in [5.41, 5.74) is 0.426. The number of aromatic amines is 1. The Balaban J connectivity index is 1.87. The molecule has 0 spiro atoms. The van der Waals surface area contributed by atoms with Crippen molar-refractivity contribution in [2.45, 2.75) is 39.5 Å². The summed E-state index contributed by atoms with van der Waals surface area (Å²) >= 11 is 0. The first-order valence-corrected chi connectivity index (χ1v) is 8.53. The quantitative estimate of drug-likeness (QED) is 0.668. The molecule has 0 fully saturated rings. The molecule has 0 amide bonds. The van der Waals surface area contributed by atoms with E-state index < -0.39 is 6.61 Å². The number of alkyl halides is 2. The minimum Gasteiger partial charge on any atom is -0.493 e. The largest absolute Gasteiger partial charge is 0.493 e. The van der Waals surface area contributed by atoms with E-state index in [9.17, 15) is 13.6 Å². The first-order valence-electron chi connectivity index (χ1n) is 8.53. The second kappa shape index (κ2) is 7.45. The van der Waals surface area contributed by atoms with Gasteiger partial charge in [-0.2, -0.15) is 18.9 Å². The third kappa shape index (κ3) is 4.05. The van der Waals surface area contributed by atoms with Gasteiger partial charge in [0.2, 0.25) is 5.95 Å². The van der Waals surface area contributed by atoms with Gasteiger partial charge in [-0.25, -0.2) is 4.68 Å². The van der Waals surface area contributed by atoms with Crippen LogP contribution in [0.2, 0.25) is 0 Å². The monoisotopic (exact) mass is 393 g/mol. The number of benzene rings is 1. The summed E-state index contributed by atoms with van der Waals surface area (Å²) in [4.78, 5) is 19.4. The molecule has 10 heteroatoms. The van der Waals surface area contributed by atoms with Crippen molar-refractivity contribution in [3.8, 4) is 11.5 Å². The van der Waals surface area contributed by atoms with E-state index in [4.69, 9.17) is 4.74 Å². The topological polar surface area (TPSA) is 94.1 Å². The van der Waals surface area contributed by atoms with Crippen LogP contribution in [0, 0.1) is 0 Å². The van der Waals surface area contributed by atoms with Crippen LogP contribution in [0.3, 0.4) is 0 Å². The highest BCUT2D eigenvalue weighted by molar-refractivity contribution is 5.74. The Labute approximate surface area is 159 Å². The van der Waals surface area contributed by atoms with Gasteiger partial charge >= 0.3 is 6.61 Å². The van der Waals surface area contributed by atoms with E-state index in [-0.39, 0.29) is 35.1 Å². The summed E-state index contributed by atoms with van der Waals surface area (Å²) in [5, 5.41) is 7.63. The van der Waals surface area contributed by atoms with Gasteiger partial charge < -0.3 is 14.8 Å². The van der Waals surface area contributed by atoms with Crippen LogP contribution < -0.4 is 20.3 Å². The molecule has 2 heterocycles. The van der Waals surface area contributed by atoms with Crippen molar-refractivity contribution in [1.29, 1.82) is 0 Å². The van der Waals surface area contributed by atoms with Gasteiger partial charge in [-0.3, -0.25) is 9.78 Å². The zero-order valence-electron chi connectivity index (χ0n) is 15.9. The molecule has 0 aliphatic carbocycles. The second-order valence-corrected chi connectivity index (χ2v) is 7.10. The van der Waals surface area contributed by atoms with Crippen LogP contribution in [0.25, 0.3) is 11.0 Å². The van der Waals surface area contributed by atoms with Crippen LogP contribution in [0.1, 0.15) is 26.3 Å². The molecule has 8 nitrogen and oxygen atoms in total. The number of aromatic nitrogens is 4. The van der Waals surface area contributed by atoms with E-state index in [1.807, 2.05) is 20.8 Å². The molecule has 0 radical (unpaired) electrons. The van der Waals surface area contributed by atoms with Gasteiger partial charge in [0, 0.05) is 6.54 Å². The van der Waals surface area contributed by atoms with Crippen molar-refractivity contribution in [3.63, 3.8) is 0 Å². The molecular formula is C18H21F2N5O3. The predicted octanol–water partition coefficient (Wildman–Crippen LogP) is 3.10. The first-order chi connectivity index (χ1) is 13.2. The minimum atomic E-state index is -2.96. The van der Waals surface area contributed by atoms with E-state index in [0.29, 0.717) is 16.6 Å². The first kappa shape index (κ1) is 19.6. The molecule has 3 rings (SSSR count). The number of anilines is 1. The number of H-pyrrole nitrogens is 1. The van der Waals surface area contributed by atoms with Gasteiger partial charge in [0.1, 0.15) is 5.39 Å². The Morgan fingerprint density at radius 1 is 1.29 bits per heavy atom. The zero-order chi connectivity index (χ0) is 20.5. The van der Waals surface area contributed by atoms with Crippen LogP contribution in [0.15, 0.2) is 29.2 Å². The maximum atomic E-state index is 12.6. The summed E-state index contributed by atoms with van der Waals surface area (Å²) in [6.07, 6.45) is 1.48. The standard InChI is InChI=1S/C18H21F2N5O3/c1-18(2,3)25-14-11(9-22-25)15(26)24-17(23-14)21-8-10-5-6-12(27-4)13(7-10)28-16(19)20/h5-7,9,16H,8H2,1-4H3,(H2,21,23,24,26). The van der Waals surface area contributed by atoms with Crippen molar-refractivity contribution in [2.75, 3.05) is 12.4 Å². The van der Waals surface area contributed by atoms with Gasteiger partial charge in [0.05, 0.1) is 18.8 Å². The highest BCUT2D eigenvalue weighted by atomic mass is 19.3. The SMILES string of the molecule is COc1ccc(CNc2nc3c(cnn3C(C)(C)C)c(=O)[nH]2)cc1OC(F)F. The highest BCUT2D eigenvalue weighted by Crippen LogP contribution is 2.29. The normalized spacial score (nSPS) is 11.8. The maximum absolute atomic E-state index is 12.6. The lowest BCUT2D eigenvalue weighted by atomic mass is 10.1. The molecule has 150 valence electrons. The fourth-order valence-corrected chi connectivity index (χ4v) is 2.70. The summed E-state index contributed by atoms with van der Waals surface area (Å²) in [7, 11) is 1.37. The molecule has 3 aromatic rings. The molecule has 28 heavy (non-hydrogen) atoms. The van der Waals surface area contributed by atoms with Crippen LogP contribution in [-0.4, -0.2) is 33.5 Å². The summed E-state index contributed by atoms with van der Waals surface area (Å²) in [6, 6.07) is 4.66. The van der Waals surface area contributed by atoms with Gasteiger partial charge in [-0.15, -0.1) is 0 Å². The Hall–Kier alpha value is -3.17. The average molecular weight is 393 g/mol. The number of hydrogen-bond acceptors (Lipinski definition) is 6. The predicted molar refractivity (Wildman–Crippen MR) is 100 cm³/mol. The molecule has 0 bridgehead atoms. The lowest BCUT2D eigenvalue weighted by molar-refractivity contribution is -0.0512. The molecule has 0 saturated carbocycles. The smallest absolute Gasteiger partial charge is 0.387 e. The third-order valence-electron chi connectivity index (χ3n) is 3.98. The van der Waals surface area contributed by atoms with Crippen LogP contribution in [0.4, 0.5) is 14.7 Å². The average Bonchev–Trinajstić information content (AvgIpc) is 3.04. The molecule has 2 aromatic heterocycles. The summed E-state index contributed by atoms with van der Waals surface area (Å²) < 4.78 is 36.3. The van der Waals surface area contributed by atoms with Gasteiger partial charge in [-0.1, -0.05) is 6.07 Å². The lowest BCUT2D eigenvalue weighted by Crippen LogP contribution is -2.24. The van der Waals surface area contributed by atoms with E-state index in [0.717, 1.165) is 0 Å². The molecule has 0 unspecified atom stereocenters. The van der Waals surface area contributed by atoms with Gasteiger partial charge in [0.15, 0.2) is 17.1 Å². The molecule has 0 saturated heterocycles. The molecular weight excluding hydrogens is 372 g/mol. The number of nitrogens with zero attached hydrogens (tertiary/aromatic N) is 3. The second-order valence-electron chi connectivity index (χ2n) is 7.10. The Morgan fingerprint density at radius 3 is 2.68 bits per heavy atom. The highest BCUT2D eigenvalue weighted by Gasteiger charge is 2.20.